The molecular formula is C8H9ClN4. The molecule has 0 saturated carbocycles. The molecule has 68 valence electrons. The molecule has 2 aromatic rings. The highest BCUT2D eigenvalue weighted by Crippen LogP contribution is 2.16. The van der Waals surface area contributed by atoms with Crippen LogP contribution in [0.1, 0.15) is 18.8 Å². The van der Waals surface area contributed by atoms with Gasteiger partial charge in [0.2, 0.25) is 0 Å². The van der Waals surface area contributed by atoms with Crippen molar-refractivity contribution in [3.05, 3.63) is 29.2 Å². The normalized spacial score (nSPS) is 13.5. The molecule has 0 aliphatic heterocycles. The molecule has 0 spiro atoms. The van der Waals surface area contributed by atoms with Gasteiger partial charge in [-0.3, -0.25) is 4.40 Å². The predicted octanol–water partition coefficient (Wildman–Crippen LogP) is 1.40. The molecule has 13 heavy (non-hydrogen) atoms. The van der Waals surface area contributed by atoms with Gasteiger partial charge in [-0.2, -0.15) is 0 Å². The van der Waals surface area contributed by atoms with E-state index in [0.717, 1.165) is 5.65 Å². The molecular weight excluding hydrogens is 188 g/mol. The van der Waals surface area contributed by atoms with Gasteiger partial charge in [0, 0.05) is 0 Å². The Morgan fingerprint density at radius 1 is 1.46 bits per heavy atom. The van der Waals surface area contributed by atoms with Gasteiger partial charge in [-0.1, -0.05) is 17.7 Å². The summed E-state index contributed by atoms with van der Waals surface area (Å²) in [5, 5.41) is 8.49. The number of fused-ring (bicyclic) bond motifs is 1. The van der Waals surface area contributed by atoms with E-state index < -0.39 is 0 Å². The number of nitrogens with two attached hydrogens (primary N) is 1. The lowest BCUT2D eigenvalue weighted by molar-refractivity contribution is 0.726. The average Bonchev–Trinajstić information content (AvgIpc) is 2.49. The van der Waals surface area contributed by atoms with E-state index in [2.05, 4.69) is 10.2 Å². The van der Waals surface area contributed by atoms with Gasteiger partial charge >= 0.3 is 0 Å². The number of hydrogen-bond acceptors (Lipinski definition) is 3. The fourth-order valence-electron chi connectivity index (χ4n) is 1.22. The van der Waals surface area contributed by atoms with Crippen molar-refractivity contribution in [2.45, 2.75) is 13.0 Å². The zero-order valence-corrected chi connectivity index (χ0v) is 7.86. The summed E-state index contributed by atoms with van der Waals surface area (Å²) < 4.78 is 1.74. The average molecular weight is 197 g/mol. The SMILES string of the molecule is CC(N)c1nnc2cccc(Cl)n12. The molecule has 2 N–H and O–H groups in total. The van der Waals surface area contributed by atoms with E-state index in [1.807, 2.05) is 19.1 Å². The Morgan fingerprint density at radius 3 is 2.92 bits per heavy atom. The largest absolute Gasteiger partial charge is 0.322 e. The van der Waals surface area contributed by atoms with Crippen molar-refractivity contribution >= 4 is 17.2 Å². The maximum Gasteiger partial charge on any atom is 0.161 e. The number of aromatic nitrogens is 3. The van der Waals surface area contributed by atoms with Crippen LogP contribution >= 0.6 is 11.6 Å². The first-order valence-corrected chi connectivity index (χ1v) is 4.33. The Kier molecular flexibility index (Phi) is 1.94. The number of pyridine rings is 1. The van der Waals surface area contributed by atoms with Crippen molar-refractivity contribution in [2.75, 3.05) is 0 Å². The zero-order chi connectivity index (χ0) is 9.42. The molecule has 0 aliphatic carbocycles. The Bertz CT molecular complexity index is 435. The minimum Gasteiger partial charge on any atom is -0.322 e. The number of rotatable bonds is 1. The molecule has 0 fully saturated rings. The lowest BCUT2D eigenvalue weighted by Gasteiger charge is -2.03. The minimum atomic E-state index is -0.171. The van der Waals surface area contributed by atoms with E-state index in [0.29, 0.717) is 11.0 Å². The summed E-state index contributed by atoms with van der Waals surface area (Å²) >= 11 is 5.98. The van der Waals surface area contributed by atoms with Crippen LogP contribution < -0.4 is 5.73 Å². The molecule has 2 heterocycles. The van der Waals surface area contributed by atoms with Crippen LogP contribution in [0.4, 0.5) is 0 Å². The molecule has 0 aliphatic rings. The maximum absolute atomic E-state index is 5.98. The van der Waals surface area contributed by atoms with E-state index in [9.17, 15) is 0 Å². The molecule has 2 aromatic heterocycles. The second-order valence-corrected chi connectivity index (χ2v) is 3.28. The second kappa shape index (κ2) is 2.97. The molecule has 4 nitrogen and oxygen atoms in total. The summed E-state index contributed by atoms with van der Waals surface area (Å²) in [5.74, 6) is 0.681. The van der Waals surface area contributed by atoms with Gasteiger partial charge < -0.3 is 5.73 Å². The lowest BCUT2D eigenvalue weighted by Crippen LogP contribution is -2.10. The quantitative estimate of drug-likeness (QED) is 0.702. The highest BCUT2D eigenvalue weighted by molar-refractivity contribution is 6.29. The first-order valence-electron chi connectivity index (χ1n) is 3.95. The summed E-state index contributed by atoms with van der Waals surface area (Å²) in [6.07, 6.45) is 0. The number of nitrogens with zero attached hydrogens (tertiary/aromatic N) is 3. The van der Waals surface area contributed by atoms with Crippen molar-refractivity contribution in [2.24, 2.45) is 5.73 Å². The smallest absolute Gasteiger partial charge is 0.161 e. The third-order valence-electron chi connectivity index (χ3n) is 1.81. The second-order valence-electron chi connectivity index (χ2n) is 2.89. The number of hydrogen-bond donors (Lipinski definition) is 1. The Morgan fingerprint density at radius 2 is 2.23 bits per heavy atom. The molecule has 1 atom stereocenters. The van der Waals surface area contributed by atoms with Crippen molar-refractivity contribution in [3.63, 3.8) is 0 Å². The highest BCUT2D eigenvalue weighted by atomic mass is 35.5. The fraction of sp³-hybridized carbons (Fsp3) is 0.250. The van der Waals surface area contributed by atoms with Crippen molar-refractivity contribution < 1.29 is 0 Å². The zero-order valence-electron chi connectivity index (χ0n) is 7.11. The van der Waals surface area contributed by atoms with Gasteiger partial charge in [-0.25, -0.2) is 0 Å². The van der Waals surface area contributed by atoms with Crippen LogP contribution in [-0.4, -0.2) is 14.6 Å². The van der Waals surface area contributed by atoms with E-state index >= 15 is 0 Å². The van der Waals surface area contributed by atoms with Gasteiger partial charge in [-0.15, -0.1) is 10.2 Å². The van der Waals surface area contributed by atoms with Crippen LogP contribution in [0, 0.1) is 0 Å². The molecule has 1 unspecified atom stereocenters. The number of halogens is 1. The standard InChI is InChI=1S/C8H9ClN4/c1-5(10)8-12-11-7-4-2-3-6(9)13(7)8/h2-5H,10H2,1H3. The van der Waals surface area contributed by atoms with Gasteiger partial charge in [0.1, 0.15) is 5.15 Å². The molecule has 0 saturated heterocycles. The van der Waals surface area contributed by atoms with Crippen molar-refractivity contribution in [1.82, 2.24) is 14.6 Å². The van der Waals surface area contributed by atoms with Gasteiger partial charge in [0.05, 0.1) is 6.04 Å². The Labute approximate surface area is 80.3 Å². The molecule has 0 radical (unpaired) electrons. The van der Waals surface area contributed by atoms with Crippen LogP contribution in [0.5, 0.6) is 0 Å². The summed E-state index contributed by atoms with van der Waals surface area (Å²) in [4.78, 5) is 0. The van der Waals surface area contributed by atoms with E-state index in [-0.39, 0.29) is 6.04 Å². The van der Waals surface area contributed by atoms with Crippen LogP contribution in [0.3, 0.4) is 0 Å². The molecule has 0 aromatic carbocycles. The van der Waals surface area contributed by atoms with E-state index in [1.165, 1.54) is 0 Å². The van der Waals surface area contributed by atoms with Crippen molar-refractivity contribution in [1.29, 1.82) is 0 Å². The van der Waals surface area contributed by atoms with Crippen LogP contribution in [0.15, 0.2) is 18.2 Å². The molecule has 0 amide bonds. The predicted molar refractivity (Wildman–Crippen MR) is 50.6 cm³/mol. The third kappa shape index (κ3) is 1.28. The topological polar surface area (TPSA) is 56.2 Å². The van der Waals surface area contributed by atoms with E-state index in [1.54, 1.807) is 10.5 Å². The first kappa shape index (κ1) is 8.47. The van der Waals surface area contributed by atoms with Gasteiger partial charge in [-0.05, 0) is 19.1 Å². The fourth-order valence-corrected chi connectivity index (χ4v) is 1.46. The Hall–Kier alpha value is -1.13. The summed E-state index contributed by atoms with van der Waals surface area (Å²) in [5.41, 5.74) is 6.43. The van der Waals surface area contributed by atoms with Gasteiger partial charge in [0.15, 0.2) is 11.5 Å². The molecule has 5 heteroatoms. The first-order chi connectivity index (χ1) is 6.20. The van der Waals surface area contributed by atoms with Crippen LogP contribution in [0.25, 0.3) is 5.65 Å². The summed E-state index contributed by atoms with van der Waals surface area (Å²) in [7, 11) is 0. The molecule has 2 rings (SSSR count). The van der Waals surface area contributed by atoms with Gasteiger partial charge in [0.25, 0.3) is 0 Å². The summed E-state index contributed by atoms with van der Waals surface area (Å²) in [6.45, 7) is 1.85. The van der Waals surface area contributed by atoms with Crippen molar-refractivity contribution in [3.8, 4) is 0 Å². The third-order valence-corrected chi connectivity index (χ3v) is 2.11. The van der Waals surface area contributed by atoms with Crippen LogP contribution in [0.2, 0.25) is 5.15 Å². The Balaban J connectivity index is 2.79. The highest BCUT2D eigenvalue weighted by Gasteiger charge is 2.10. The molecule has 0 bridgehead atoms. The lowest BCUT2D eigenvalue weighted by atomic mass is 10.3. The summed E-state index contributed by atoms with van der Waals surface area (Å²) in [6, 6.07) is 5.28. The maximum atomic E-state index is 5.98. The minimum absolute atomic E-state index is 0.171. The van der Waals surface area contributed by atoms with E-state index in [4.69, 9.17) is 17.3 Å². The van der Waals surface area contributed by atoms with Crippen LogP contribution in [-0.2, 0) is 0 Å². The monoisotopic (exact) mass is 196 g/mol.